The first-order valence-electron chi connectivity index (χ1n) is 11.3. The lowest BCUT2D eigenvalue weighted by atomic mass is 9.73. The summed E-state index contributed by atoms with van der Waals surface area (Å²) in [6.45, 7) is 3.43. The highest BCUT2D eigenvalue weighted by molar-refractivity contribution is 5.82. The number of hydrogen-bond donors (Lipinski definition) is 2. The minimum absolute atomic E-state index is 0.00338. The highest BCUT2D eigenvalue weighted by Gasteiger charge is 2.55. The number of carbonyl (C=O) groups excluding carboxylic acids is 1. The molecule has 166 valence electrons. The lowest BCUT2D eigenvalue weighted by Crippen LogP contribution is -2.43. The molecule has 29 heavy (non-hydrogen) atoms. The number of rotatable bonds is 4. The highest BCUT2D eigenvalue weighted by atomic mass is 19.4. The Morgan fingerprint density at radius 1 is 1.17 bits per heavy atom. The van der Waals surface area contributed by atoms with Crippen LogP contribution in [0.3, 0.4) is 0 Å². The zero-order chi connectivity index (χ0) is 20.8. The van der Waals surface area contributed by atoms with E-state index in [0.29, 0.717) is 37.4 Å². The number of hydrogen-bond acceptors (Lipinski definition) is 4. The van der Waals surface area contributed by atoms with Crippen LogP contribution >= 0.6 is 0 Å². The van der Waals surface area contributed by atoms with E-state index >= 15 is 0 Å². The molecule has 8 heteroatoms. The molecule has 0 aromatic rings. The summed E-state index contributed by atoms with van der Waals surface area (Å²) in [7, 11) is 2.09. The summed E-state index contributed by atoms with van der Waals surface area (Å²) in [5.41, 5.74) is 6.47. The molecule has 2 saturated carbocycles. The summed E-state index contributed by atoms with van der Waals surface area (Å²) in [4.78, 5) is 17.2. The van der Waals surface area contributed by atoms with Gasteiger partial charge in [0.15, 0.2) is 0 Å². The van der Waals surface area contributed by atoms with E-state index < -0.39 is 23.9 Å². The molecule has 4 rings (SSSR count). The molecule has 2 saturated heterocycles. The maximum absolute atomic E-state index is 13.5. The van der Waals surface area contributed by atoms with Crippen molar-refractivity contribution in [3.05, 3.63) is 0 Å². The molecule has 5 nitrogen and oxygen atoms in total. The Balaban J connectivity index is 1.40. The van der Waals surface area contributed by atoms with Crippen LogP contribution < -0.4 is 10.9 Å². The average molecular weight is 417 g/mol. The van der Waals surface area contributed by atoms with Crippen molar-refractivity contribution in [2.75, 3.05) is 20.3 Å². The summed E-state index contributed by atoms with van der Waals surface area (Å²) >= 11 is 0. The first kappa shape index (κ1) is 21.4. The summed E-state index contributed by atoms with van der Waals surface area (Å²) < 4.78 is 40.6. The summed E-state index contributed by atoms with van der Waals surface area (Å²) in [5.74, 6) is -1.19. The van der Waals surface area contributed by atoms with E-state index in [-0.39, 0.29) is 18.4 Å². The van der Waals surface area contributed by atoms with Gasteiger partial charge in [0.05, 0.1) is 18.8 Å². The number of nitrogens with zero attached hydrogens (tertiary/aromatic N) is 2. The Labute approximate surface area is 171 Å². The Morgan fingerprint density at radius 3 is 2.62 bits per heavy atom. The second-order valence-corrected chi connectivity index (χ2v) is 9.89. The number of alkyl halides is 3. The maximum Gasteiger partial charge on any atom is 0.392 e. The topological polar surface area (TPSA) is 47.6 Å². The number of halogens is 3. The molecule has 0 aromatic carbocycles. The maximum atomic E-state index is 13.5. The monoisotopic (exact) mass is 416 g/mol. The number of carbonyl (C=O) groups is 1. The van der Waals surface area contributed by atoms with Crippen molar-refractivity contribution in [3.8, 4) is 0 Å². The molecular weight excluding hydrogens is 381 g/mol. The molecule has 2 aliphatic heterocycles. The molecular formula is C21H35F3N4O. The predicted octanol–water partition coefficient (Wildman–Crippen LogP) is 3.33. The second kappa shape index (κ2) is 8.35. The van der Waals surface area contributed by atoms with Gasteiger partial charge in [-0.3, -0.25) is 9.69 Å². The van der Waals surface area contributed by atoms with Crippen molar-refractivity contribution >= 4 is 5.91 Å². The van der Waals surface area contributed by atoms with Crippen molar-refractivity contribution < 1.29 is 18.0 Å². The SMILES string of the molecule is C[C@@H](CC1NNCN1C)C1CCCC(N2CC3C(CCCC3C(F)(F)F)C2=O)C1. The molecule has 0 radical (unpaired) electrons. The minimum atomic E-state index is -4.18. The van der Waals surface area contributed by atoms with Gasteiger partial charge in [-0.2, -0.15) is 13.2 Å². The van der Waals surface area contributed by atoms with E-state index in [9.17, 15) is 18.0 Å². The molecule has 2 N–H and O–H groups in total. The van der Waals surface area contributed by atoms with Crippen molar-refractivity contribution in [2.24, 2.45) is 29.6 Å². The second-order valence-electron chi connectivity index (χ2n) is 9.89. The van der Waals surface area contributed by atoms with Gasteiger partial charge >= 0.3 is 6.18 Å². The molecule has 7 atom stereocenters. The van der Waals surface area contributed by atoms with Gasteiger partial charge < -0.3 is 4.90 Å². The van der Waals surface area contributed by atoms with Crippen LogP contribution in [0.15, 0.2) is 0 Å². The number of nitrogens with one attached hydrogen (secondary N) is 2. The van der Waals surface area contributed by atoms with Crippen LogP contribution in [0.1, 0.15) is 58.3 Å². The van der Waals surface area contributed by atoms with Gasteiger partial charge in [-0.25, -0.2) is 10.9 Å². The van der Waals surface area contributed by atoms with Crippen LogP contribution in [0, 0.1) is 29.6 Å². The van der Waals surface area contributed by atoms with Gasteiger partial charge in [0.2, 0.25) is 5.91 Å². The first-order valence-corrected chi connectivity index (χ1v) is 11.3. The van der Waals surface area contributed by atoms with Crippen molar-refractivity contribution in [2.45, 2.75) is 76.7 Å². The van der Waals surface area contributed by atoms with Crippen LogP contribution in [0.2, 0.25) is 0 Å². The Hall–Kier alpha value is -0.860. The molecule has 0 bridgehead atoms. The van der Waals surface area contributed by atoms with Crippen LogP contribution in [0.25, 0.3) is 0 Å². The lowest BCUT2D eigenvalue weighted by Gasteiger charge is -2.39. The van der Waals surface area contributed by atoms with Gasteiger partial charge in [-0.15, -0.1) is 0 Å². The lowest BCUT2D eigenvalue weighted by molar-refractivity contribution is -0.198. The number of amides is 1. The van der Waals surface area contributed by atoms with Gasteiger partial charge in [-0.05, 0) is 56.9 Å². The molecule has 6 unspecified atom stereocenters. The van der Waals surface area contributed by atoms with E-state index in [4.69, 9.17) is 0 Å². The van der Waals surface area contributed by atoms with Crippen molar-refractivity contribution in [1.29, 1.82) is 0 Å². The standard InChI is InChI=1S/C21H35F3N4O/c1-13(9-19-26-25-12-27(19)2)14-5-3-6-15(10-14)28-11-17-16(20(28)29)7-4-8-18(17)21(22,23)24/h13-19,25-26H,3-12H2,1-2H3/t13-,14?,15?,16?,17?,18?,19?/m0/s1. The van der Waals surface area contributed by atoms with Gasteiger partial charge in [0.1, 0.15) is 0 Å². The molecule has 4 fully saturated rings. The number of likely N-dealkylation sites (tertiary alicyclic amines) is 1. The van der Waals surface area contributed by atoms with E-state index in [2.05, 4.69) is 29.7 Å². The third-order valence-electron chi connectivity index (χ3n) is 8.15. The average Bonchev–Trinajstić information content (AvgIpc) is 3.24. The van der Waals surface area contributed by atoms with E-state index in [0.717, 1.165) is 38.8 Å². The van der Waals surface area contributed by atoms with Gasteiger partial charge in [0.25, 0.3) is 0 Å². The van der Waals surface area contributed by atoms with E-state index in [1.165, 1.54) is 0 Å². The smallest absolute Gasteiger partial charge is 0.339 e. The zero-order valence-corrected chi connectivity index (χ0v) is 17.5. The van der Waals surface area contributed by atoms with Gasteiger partial charge in [-0.1, -0.05) is 26.2 Å². The Bertz CT molecular complexity index is 601. The first-order chi connectivity index (χ1) is 13.8. The number of hydrazine groups is 1. The van der Waals surface area contributed by atoms with Crippen LogP contribution in [-0.2, 0) is 4.79 Å². The van der Waals surface area contributed by atoms with Crippen molar-refractivity contribution in [1.82, 2.24) is 20.7 Å². The fourth-order valence-corrected chi connectivity index (χ4v) is 6.39. The quantitative estimate of drug-likeness (QED) is 0.738. The van der Waals surface area contributed by atoms with Crippen LogP contribution in [0.4, 0.5) is 13.2 Å². The third kappa shape index (κ3) is 4.30. The third-order valence-corrected chi connectivity index (χ3v) is 8.15. The minimum Gasteiger partial charge on any atom is -0.339 e. The molecule has 0 aromatic heterocycles. The molecule has 0 spiro atoms. The Kier molecular flexibility index (Phi) is 6.15. The molecule has 4 aliphatic rings. The van der Waals surface area contributed by atoms with E-state index in [1.54, 1.807) is 0 Å². The van der Waals surface area contributed by atoms with E-state index in [1.807, 2.05) is 4.90 Å². The summed E-state index contributed by atoms with van der Waals surface area (Å²) in [5, 5.41) is 0. The predicted molar refractivity (Wildman–Crippen MR) is 104 cm³/mol. The van der Waals surface area contributed by atoms with Crippen molar-refractivity contribution in [3.63, 3.8) is 0 Å². The highest BCUT2D eigenvalue weighted by Crippen LogP contribution is 2.49. The fraction of sp³-hybridized carbons (Fsp3) is 0.952. The summed E-state index contributed by atoms with van der Waals surface area (Å²) in [6, 6.07) is 0.121. The van der Waals surface area contributed by atoms with Crippen LogP contribution in [-0.4, -0.2) is 54.4 Å². The van der Waals surface area contributed by atoms with Gasteiger partial charge in [0, 0.05) is 18.5 Å². The largest absolute Gasteiger partial charge is 0.392 e. The fourth-order valence-electron chi connectivity index (χ4n) is 6.39. The molecule has 1 amide bonds. The molecule has 2 heterocycles. The zero-order valence-electron chi connectivity index (χ0n) is 17.5. The summed E-state index contributed by atoms with van der Waals surface area (Å²) in [6.07, 6.45) is 2.60. The normalized spacial score (nSPS) is 40.3. The molecule has 2 aliphatic carbocycles. The number of fused-ring (bicyclic) bond motifs is 1. The Morgan fingerprint density at radius 2 is 1.93 bits per heavy atom. The van der Waals surface area contributed by atoms with Crippen LogP contribution in [0.5, 0.6) is 0 Å².